The van der Waals surface area contributed by atoms with Crippen LogP contribution < -0.4 is 14.8 Å². The Morgan fingerprint density at radius 2 is 2.10 bits per heavy atom. The molecule has 0 saturated heterocycles. The smallest absolute Gasteiger partial charge is 0.254 e. The summed E-state index contributed by atoms with van der Waals surface area (Å²) in [6, 6.07) is 6.59. The van der Waals surface area contributed by atoms with Crippen molar-refractivity contribution in [1.82, 2.24) is 10.3 Å². The first-order valence-electron chi connectivity index (χ1n) is 6.24. The first kappa shape index (κ1) is 14.8. The molecule has 5 nitrogen and oxygen atoms in total. The van der Waals surface area contributed by atoms with Gasteiger partial charge in [0.05, 0.1) is 26.0 Å². The van der Waals surface area contributed by atoms with E-state index in [4.69, 9.17) is 9.47 Å². The maximum atomic E-state index is 13.4. The van der Waals surface area contributed by atoms with Gasteiger partial charge in [-0.3, -0.25) is 9.78 Å². The second-order valence-electron chi connectivity index (χ2n) is 4.22. The van der Waals surface area contributed by atoms with Gasteiger partial charge in [-0.2, -0.15) is 0 Å². The Morgan fingerprint density at radius 1 is 1.29 bits per heavy atom. The molecule has 0 aliphatic heterocycles. The number of carbonyl (C=O) groups is 1. The minimum absolute atomic E-state index is 0.0440. The highest BCUT2D eigenvalue weighted by Gasteiger charge is 2.12. The quantitative estimate of drug-likeness (QED) is 0.916. The van der Waals surface area contributed by atoms with Crippen LogP contribution in [0.4, 0.5) is 4.39 Å². The zero-order valence-corrected chi connectivity index (χ0v) is 11.7. The normalized spacial score (nSPS) is 10.0. The summed E-state index contributed by atoms with van der Waals surface area (Å²) in [7, 11) is 3.09. The summed E-state index contributed by atoms with van der Waals surface area (Å²) in [5.41, 5.74) is 0.721. The van der Waals surface area contributed by atoms with E-state index < -0.39 is 11.7 Å². The number of ether oxygens (including phenoxy) is 2. The van der Waals surface area contributed by atoms with Gasteiger partial charge in [-0.15, -0.1) is 0 Å². The lowest BCUT2D eigenvalue weighted by Gasteiger charge is -2.11. The van der Waals surface area contributed by atoms with Gasteiger partial charge in [-0.25, -0.2) is 4.39 Å². The lowest BCUT2D eigenvalue weighted by Crippen LogP contribution is -2.24. The number of pyridine rings is 1. The lowest BCUT2D eigenvalue weighted by atomic mass is 10.1. The Bertz CT molecular complexity index is 647. The second kappa shape index (κ2) is 6.69. The molecule has 2 rings (SSSR count). The van der Waals surface area contributed by atoms with Gasteiger partial charge in [0.25, 0.3) is 5.91 Å². The molecule has 0 saturated carbocycles. The van der Waals surface area contributed by atoms with Crippen LogP contribution in [0.5, 0.6) is 11.5 Å². The van der Waals surface area contributed by atoms with E-state index in [1.54, 1.807) is 25.3 Å². The number of hydrogen-bond donors (Lipinski definition) is 1. The highest BCUT2D eigenvalue weighted by Crippen LogP contribution is 2.24. The van der Waals surface area contributed by atoms with E-state index in [1.807, 2.05) is 0 Å². The SMILES string of the molecule is COc1ccc(CNC(=O)c2ccncc2F)c(OC)c1. The van der Waals surface area contributed by atoms with Crippen LogP contribution in [0.3, 0.4) is 0 Å². The van der Waals surface area contributed by atoms with Crippen molar-refractivity contribution in [1.29, 1.82) is 0 Å². The van der Waals surface area contributed by atoms with Crippen LogP contribution in [-0.4, -0.2) is 25.1 Å². The Labute approximate surface area is 121 Å². The topological polar surface area (TPSA) is 60.5 Å². The fraction of sp³-hybridized carbons (Fsp3) is 0.200. The molecular formula is C15H15FN2O3. The van der Waals surface area contributed by atoms with E-state index in [9.17, 15) is 9.18 Å². The summed E-state index contributed by atoms with van der Waals surface area (Å²) in [6.45, 7) is 0.216. The fourth-order valence-corrected chi connectivity index (χ4v) is 1.83. The summed E-state index contributed by atoms with van der Waals surface area (Å²) in [5.74, 6) is 0.0800. The van der Waals surface area contributed by atoms with E-state index in [-0.39, 0.29) is 12.1 Å². The van der Waals surface area contributed by atoms with E-state index in [2.05, 4.69) is 10.3 Å². The van der Waals surface area contributed by atoms with E-state index in [0.29, 0.717) is 11.5 Å². The number of hydrogen-bond acceptors (Lipinski definition) is 4. The summed E-state index contributed by atoms with van der Waals surface area (Å²) in [5, 5.41) is 2.64. The van der Waals surface area contributed by atoms with Gasteiger partial charge >= 0.3 is 0 Å². The average Bonchev–Trinajstić information content (AvgIpc) is 2.52. The molecule has 1 amide bonds. The van der Waals surface area contributed by atoms with Crippen LogP contribution in [-0.2, 0) is 6.54 Å². The maximum absolute atomic E-state index is 13.4. The number of rotatable bonds is 5. The van der Waals surface area contributed by atoms with E-state index >= 15 is 0 Å². The monoisotopic (exact) mass is 290 g/mol. The molecule has 0 unspecified atom stereocenters. The molecule has 0 atom stereocenters. The number of aromatic nitrogens is 1. The molecule has 1 aromatic heterocycles. The molecule has 2 aromatic rings. The zero-order chi connectivity index (χ0) is 15.2. The highest BCUT2D eigenvalue weighted by atomic mass is 19.1. The third-order valence-electron chi connectivity index (χ3n) is 2.95. The van der Waals surface area contributed by atoms with E-state index in [0.717, 1.165) is 11.8 Å². The van der Waals surface area contributed by atoms with Crippen LogP contribution in [0.25, 0.3) is 0 Å². The molecular weight excluding hydrogens is 275 g/mol. The van der Waals surface area contributed by atoms with Crippen LogP contribution in [0.15, 0.2) is 36.7 Å². The molecule has 6 heteroatoms. The molecule has 0 bridgehead atoms. The third kappa shape index (κ3) is 3.47. The van der Waals surface area contributed by atoms with Gasteiger partial charge in [-0.1, -0.05) is 0 Å². The maximum Gasteiger partial charge on any atom is 0.254 e. The van der Waals surface area contributed by atoms with Gasteiger partial charge in [0, 0.05) is 24.4 Å². The Morgan fingerprint density at radius 3 is 2.76 bits per heavy atom. The first-order valence-corrected chi connectivity index (χ1v) is 6.24. The molecule has 1 aromatic carbocycles. The predicted octanol–water partition coefficient (Wildman–Crippen LogP) is 2.17. The number of nitrogens with one attached hydrogen (secondary N) is 1. The largest absolute Gasteiger partial charge is 0.497 e. The van der Waals surface area contributed by atoms with Crippen LogP contribution in [0, 0.1) is 5.82 Å². The molecule has 0 fully saturated rings. The number of methoxy groups -OCH3 is 2. The van der Waals surface area contributed by atoms with Gasteiger partial charge in [0.15, 0.2) is 5.82 Å². The van der Waals surface area contributed by atoms with Crippen molar-refractivity contribution in [2.45, 2.75) is 6.54 Å². The second-order valence-corrected chi connectivity index (χ2v) is 4.22. The van der Waals surface area contributed by atoms with Gasteiger partial charge in [0.2, 0.25) is 0 Å². The number of amides is 1. The molecule has 0 aliphatic carbocycles. The van der Waals surface area contributed by atoms with Crippen molar-refractivity contribution in [3.05, 3.63) is 53.6 Å². The zero-order valence-electron chi connectivity index (χ0n) is 11.7. The molecule has 21 heavy (non-hydrogen) atoms. The van der Waals surface area contributed by atoms with Crippen LogP contribution >= 0.6 is 0 Å². The van der Waals surface area contributed by atoms with Gasteiger partial charge in [-0.05, 0) is 18.2 Å². The van der Waals surface area contributed by atoms with Crippen molar-refractivity contribution >= 4 is 5.91 Å². The first-order chi connectivity index (χ1) is 10.2. The lowest BCUT2D eigenvalue weighted by molar-refractivity contribution is 0.0946. The highest BCUT2D eigenvalue weighted by molar-refractivity contribution is 5.94. The minimum atomic E-state index is -0.656. The van der Waals surface area contributed by atoms with Crippen LogP contribution in [0.1, 0.15) is 15.9 Å². The van der Waals surface area contributed by atoms with Gasteiger partial charge < -0.3 is 14.8 Å². The molecule has 1 N–H and O–H groups in total. The van der Waals surface area contributed by atoms with E-state index in [1.165, 1.54) is 19.4 Å². The predicted molar refractivity (Wildman–Crippen MR) is 74.9 cm³/mol. The standard InChI is InChI=1S/C15H15FN2O3/c1-20-11-4-3-10(14(7-11)21-2)8-18-15(19)12-5-6-17-9-13(12)16/h3-7,9H,8H2,1-2H3,(H,18,19). The van der Waals surface area contributed by atoms with Crippen molar-refractivity contribution in [2.24, 2.45) is 0 Å². The summed E-state index contributed by atoms with van der Waals surface area (Å²) >= 11 is 0. The fourth-order valence-electron chi connectivity index (χ4n) is 1.83. The summed E-state index contributed by atoms with van der Waals surface area (Å²) < 4.78 is 23.8. The molecule has 110 valence electrons. The number of nitrogens with zero attached hydrogens (tertiary/aromatic N) is 1. The van der Waals surface area contributed by atoms with Crippen LogP contribution in [0.2, 0.25) is 0 Å². The van der Waals surface area contributed by atoms with Crippen molar-refractivity contribution < 1.29 is 18.7 Å². The van der Waals surface area contributed by atoms with Crippen molar-refractivity contribution in [2.75, 3.05) is 14.2 Å². The molecule has 0 spiro atoms. The summed E-state index contributed by atoms with van der Waals surface area (Å²) in [4.78, 5) is 15.5. The summed E-state index contributed by atoms with van der Waals surface area (Å²) in [6.07, 6.45) is 2.37. The molecule has 0 radical (unpaired) electrons. The average molecular weight is 290 g/mol. The molecule has 0 aliphatic rings. The minimum Gasteiger partial charge on any atom is -0.497 e. The molecule has 1 heterocycles. The Balaban J connectivity index is 2.10. The number of carbonyl (C=O) groups excluding carboxylic acids is 1. The third-order valence-corrected chi connectivity index (χ3v) is 2.95. The Hall–Kier alpha value is -2.63. The van der Waals surface area contributed by atoms with Gasteiger partial charge in [0.1, 0.15) is 11.5 Å². The number of benzene rings is 1. The Kier molecular flexibility index (Phi) is 4.71. The number of halogens is 1. The van der Waals surface area contributed by atoms with Crippen molar-refractivity contribution in [3.8, 4) is 11.5 Å². The van der Waals surface area contributed by atoms with Crippen molar-refractivity contribution in [3.63, 3.8) is 0 Å².